The molecule has 0 unspecified atom stereocenters. The Morgan fingerprint density at radius 2 is 2.06 bits per heavy atom. The maximum atomic E-state index is 8.99. The third-order valence-corrected chi connectivity index (χ3v) is 2.79. The average Bonchev–Trinajstić information content (AvgIpc) is 2.18. The van der Waals surface area contributed by atoms with Gasteiger partial charge in [0.25, 0.3) is 0 Å². The summed E-state index contributed by atoms with van der Waals surface area (Å²) in [6.45, 7) is 7.52. The van der Waals surface area contributed by atoms with E-state index in [2.05, 4.69) is 48.1 Å². The van der Waals surface area contributed by atoms with Gasteiger partial charge in [-0.2, -0.15) is 5.26 Å². The molecule has 0 aliphatic carbocycles. The first kappa shape index (κ1) is 13.1. The summed E-state index contributed by atoms with van der Waals surface area (Å²) in [5.41, 5.74) is 1.91. The van der Waals surface area contributed by atoms with Gasteiger partial charge < -0.3 is 5.32 Å². The van der Waals surface area contributed by atoms with Gasteiger partial charge >= 0.3 is 0 Å². The second-order valence-electron chi connectivity index (χ2n) is 5.04. The van der Waals surface area contributed by atoms with Crippen molar-refractivity contribution >= 4 is 21.6 Å². The van der Waals surface area contributed by atoms with Crippen LogP contribution in [0, 0.1) is 16.7 Å². The molecule has 0 radical (unpaired) electrons. The van der Waals surface area contributed by atoms with Crippen molar-refractivity contribution in [2.75, 3.05) is 11.9 Å². The predicted octanol–water partition coefficient (Wildman–Crippen LogP) is 4.17. The van der Waals surface area contributed by atoms with Crippen LogP contribution in [-0.2, 0) is 0 Å². The van der Waals surface area contributed by atoms with Crippen LogP contribution in [0.25, 0.3) is 0 Å². The first-order chi connectivity index (χ1) is 7.42. The zero-order valence-corrected chi connectivity index (χ0v) is 11.6. The van der Waals surface area contributed by atoms with Crippen LogP contribution >= 0.6 is 15.9 Å². The molecule has 0 amide bonds. The van der Waals surface area contributed by atoms with Gasteiger partial charge in [-0.15, -0.1) is 0 Å². The molecule has 1 rings (SSSR count). The van der Waals surface area contributed by atoms with E-state index in [9.17, 15) is 0 Å². The second kappa shape index (κ2) is 5.36. The van der Waals surface area contributed by atoms with E-state index in [0.717, 1.165) is 23.1 Å². The fourth-order valence-corrected chi connectivity index (χ4v) is 1.70. The van der Waals surface area contributed by atoms with Gasteiger partial charge in [-0.05, 0) is 30.0 Å². The Morgan fingerprint density at radius 1 is 1.38 bits per heavy atom. The van der Waals surface area contributed by atoms with Gasteiger partial charge in [0.15, 0.2) is 0 Å². The average molecular weight is 281 g/mol. The molecule has 0 heterocycles. The Bertz CT molecular complexity index is 399. The number of nitrogens with one attached hydrogen (secondary N) is 1. The van der Waals surface area contributed by atoms with Crippen molar-refractivity contribution in [2.24, 2.45) is 5.41 Å². The maximum absolute atomic E-state index is 8.99. The quantitative estimate of drug-likeness (QED) is 0.902. The Morgan fingerprint density at radius 3 is 2.62 bits per heavy atom. The molecule has 0 aliphatic heterocycles. The number of rotatable bonds is 3. The summed E-state index contributed by atoms with van der Waals surface area (Å²) in [7, 11) is 0. The first-order valence-corrected chi connectivity index (χ1v) is 6.15. The number of hydrogen-bond acceptors (Lipinski definition) is 2. The first-order valence-electron chi connectivity index (χ1n) is 5.36. The standard InChI is InChI=1S/C13H17BrN2/c1-13(2,3)6-7-16-12-5-4-11(14)8-10(12)9-15/h4-5,8,16H,6-7H2,1-3H3. The van der Waals surface area contributed by atoms with E-state index in [1.165, 1.54) is 0 Å². The molecule has 0 spiro atoms. The normalized spacial score (nSPS) is 10.9. The Balaban J connectivity index is 2.65. The smallest absolute Gasteiger partial charge is 0.101 e. The van der Waals surface area contributed by atoms with E-state index in [0.29, 0.717) is 11.0 Å². The highest BCUT2D eigenvalue weighted by Gasteiger charge is 2.09. The molecule has 86 valence electrons. The van der Waals surface area contributed by atoms with Crippen molar-refractivity contribution in [2.45, 2.75) is 27.2 Å². The van der Waals surface area contributed by atoms with Crippen LogP contribution in [0.1, 0.15) is 32.8 Å². The summed E-state index contributed by atoms with van der Waals surface area (Å²) in [5, 5.41) is 12.3. The van der Waals surface area contributed by atoms with E-state index in [-0.39, 0.29) is 0 Å². The molecular weight excluding hydrogens is 264 g/mol. The van der Waals surface area contributed by atoms with Crippen LogP contribution in [-0.4, -0.2) is 6.54 Å². The molecular formula is C13H17BrN2. The van der Waals surface area contributed by atoms with Crippen LogP contribution in [0.3, 0.4) is 0 Å². The lowest BCUT2D eigenvalue weighted by Gasteiger charge is -2.18. The number of nitriles is 1. The SMILES string of the molecule is CC(C)(C)CCNc1ccc(Br)cc1C#N. The number of nitrogens with zero attached hydrogens (tertiary/aromatic N) is 1. The molecule has 0 aliphatic rings. The minimum absolute atomic E-state index is 0.315. The van der Waals surface area contributed by atoms with Gasteiger partial charge in [-0.1, -0.05) is 36.7 Å². The largest absolute Gasteiger partial charge is 0.384 e. The van der Waals surface area contributed by atoms with Crippen molar-refractivity contribution < 1.29 is 0 Å². The molecule has 0 atom stereocenters. The van der Waals surface area contributed by atoms with Crippen LogP contribution in [0.4, 0.5) is 5.69 Å². The van der Waals surface area contributed by atoms with Gasteiger partial charge in [0, 0.05) is 11.0 Å². The summed E-state index contributed by atoms with van der Waals surface area (Å²) in [6, 6.07) is 7.90. The van der Waals surface area contributed by atoms with Crippen molar-refractivity contribution in [1.29, 1.82) is 5.26 Å². The van der Waals surface area contributed by atoms with E-state index in [1.54, 1.807) is 0 Å². The minimum atomic E-state index is 0.315. The minimum Gasteiger partial charge on any atom is -0.384 e. The molecule has 3 heteroatoms. The molecule has 0 bridgehead atoms. The van der Waals surface area contributed by atoms with E-state index >= 15 is 0 Å². The highest BCUT2D eigenvalue weighted by atomic mass is 79.9. The molecule has 1 N–H and O–H groups in total. The van der Waals surface area contributed by atoms with Crippen LogP contribution in [0.2, 0.25) is 0 Å². The molecule has 0 saturated heterocycles. The van der Waals surface area contributed by atoms with E-state index in [4.69, 9.17) is 5.26 Å². The molecule has 0 aromatic heterocycles. The fraction of sp³-hybridized carbons (Fsp3) is 0.462. The Labute approximate surface area is 106 Å². The van der Waals surface area contributed by atoms with Crippen LogP contribution in [0.5, 0.6) is 0 Å². The van der Waals surface area contributed by atoms with Gasteiger partial charge in [0.2, 0.25) is 0 Å². The Hall–Kier alpha value is -1.01. The molecule has 16 heavy (non-hydrogen) atoms. The van der Waals surface area contributed by atoms with Crippen molar-refractivity contribution in [3.8, 4) is 6.07 Å². The predicted molar refractivity (Wildman–Crippen MR) is 71.4 cm³/mol. The van der Waals surface area contributed by atoms with Crippen molar-refractivity contribution in [1.82, 2.24) is 0 Å². The zero-order chi connectivity index (χ0) is 12.2. The number of benzene rings is 1. The lowest BCUT2D eigenvalue weighted by Crippen LogP contribution is -2.13. The van der Waals surface area contributed by atoms with E-state index < -0.39 is 0 Å². The number of hydrogen-bond donors (Lipinski definition) is 1. The molecule has 0 saturated carbocycles. The topological polar surface area (TPSA) is 35.8 Å². The lowest BCUT2D eigenvalue weighted by atomic mass is 9.92. The van der Waals surface area contributed by atoms with E-state index in [1.807, 2.05) is 18.2 Å². The number of anilines is 1. The van der Waals surface area contributed by atoms with Crippen molar-refractivity contribution in [3.05, 3.63) is 28.2 Å². The van der Waals surface area contributed by atoms with Gasteiger partial charge in [-0.25, -0.2) is 0 Å². The molecule has 0 fully saturated rings. The Kier molecular flexibility index (Phi) is 4.37. The zero-order valence-electron chi connectivity index (χ0n) is 9.97. The summed E-state index contributed by atoms with van der Waals surface area (Å²) in [5.74, 6) is 0. The van der Waals surface area contributed by atoms with Crippen LogP contribution < -0.4 is 5.32 Å². The third kappa shape index (κ3) is 4.24. The summed E-state index contributed by atoms with van der Waals surface area (Å²) < 4.78 is 0.936. The van der Waals surface area contributed by atoms with Crippen LogP contribution in [0.15, 0.2) is 22.7 Å². The fourth-order valence-electron chi connectivity index (χ4n) is 1.34. The molecule has 1 aromatic rings. The molecule has 2 nitrogen and oxygen atoms in total. The highest BCUT2D eigenvalue weighted by molar-refractivity contribution is 9.10. The maximum Gasteiger partial charge on any atom is 0.101 e. The van der Waals surface area contributed by atoms with Gasteiger partial charge in [0.05, 0.1) is 11.3 Å². The summed E-state index contributed by atoms with van der Waals surface area (Å²) >= 11 is 3.36. The summed E-state index contributed by atoms with van der Waals surface area (Å²) in [4.78, 5) is 0. The number of halogens is 1. The third-order valence-electron chi connectivity index (χ3n) is 2.29. The lowest BCUT2D eigenvalue weighted by molar-refractivity contribution is 0.390. The van der Waals surface area contributed by atoms with Gasteiger partial charge in [0.1, 0.15) is 6.07 Å². The molecule has 1 aromatic carbocycles. The second-order valence-corrected chi connectivity index (χ2v) is 5.95. The van der Waals surface area contributed by atoms with Gasteiger partial charge in [-0.3, -0.25) is 0 Å². The summed E-state index contributed by atoms with van der Waals surface area (Å²) in [6.07, 6.45) is 1.08. The van der Waals surface area contributed by atoms with Crippen molar-refractivity contribution in [3.63, 3.8) is 0 Å². The highest BCUT2D eigenvalue weighted by Crippen LogP contribution is 2.22. The monoisotopic (exact) mass is 280 g/mol.